The smallest absolute Gasteiger partial charge is 0.227 e. The number of sulfone groups is 1. The van der Waals surface area contributed by atoms with E-state index in [1.807, 2.05) is 6.07 Å². The van der Waals surface area contributed by atoms with Gasteiger partial charge in [0.1, 0.15) is 5.52 Å². The summed E-state index contributed by atoms with van der Waals surface area (Å²) in [6.45, 7) is 1.64. The second kappa shape index (κ2) is 5.20. The van der Waals surface area contributed by atoms with Crippen molar-refractivity contribution in [3.05, 3.63) is 47.5 Å². The van der Waals surface area contributed by atoms with E-state index in [9.17, 15) is 8.42 Å². The maximum absolute atomic E-state index is 12.0. The molecule has 0 amide bonds. The summed E-state index contributed by atoms with van der Waals surface area (Å²) in [5.74, 6) is 0.620. The second-order valence-electron chi connectivity index (χ2n) is 5.89. The first kappa shape index (κ1) is 14.5. The molecule has 0 N–H and O–H groups in total. The van der Waals surface area contributed by atoms with Gasteiger partial charge in [-0.1, -0.05) is 13.0 Å². The normalized spacial score (nSPS) is 14.3. The summed E-state index contributed by atoms with van der Waals surface area (Å²) in [6, 6.07) is 11.2. The molecule has 0 bridgehead atoms. The fourth-order valence-corrected chi connectivity index (χ4v) is 4.00. The van der Waals surface area contributed by atoms with Gasteiger partial charge in [-0.2, -0.15) is 0 Å². The molecule has 23 heavy (non-hydrogen) atoms. The van der Waals surface area contributed by atoms with Crippen molar-refractivity contribution >= 4 is 20.9 Å². The summed E-state index contributed by atoms with van der Waals surface area (Å²) in [6.07, 6.45) is 3.44. The molecule has 4 nitrogen and oxygen atoms in total. The Hall–Kier alpha value is -2.14. The van der Waals surface area contributed by atoms with E-state index in [1.54, 1.807) is 25.1 Å². The van der Waals surface area contributed by atoms with Crippen LogP contribution >= 0.6 is 0 Å². The van der Waals surface area contributed by atoms with Gasteiger partial charge in [-0.25, -0.2) is 13.4 Å². The van der Waals surface area contributed by atoms with Gasteiger partial charge in [0, 0.05) is 5.56 Å². The molecule has 1 aromatic heterocycles. The molecule has 0 atom stereocenters. The van der Waals surface area contributed by atoms with E-state index >= 15 is 0 Å². The molecule has 0 unspecified atom stereocenters. The predicted octanol–water partition coefficient (Wildman–Crippen LogP) is 3.78. The maximum Gasteiger partial charge on any atom is 0.227 e. The predicted molar refractivity (Wildman–Crippen MR) is 89.2 cm³/mol. The van der Waals surface area contributed by atoms with Crippen molar-refractivity contribution in [3.8, 4) is 11.5 Å². The van der Waals surface area contributed by atoms with Crippen LogP contribution in [0, 0.1) is 0 Å². The minimum atomic E-state index is -3.23. The molecular formula is C18H17NO3S. The Kier molecular flexibility index (Phi) is 3.27. The Morgan fingerprint density at radius 1 is 1.09 bits per heavy atom. The number of nitrogens with zero attached hydrogens (tertiary/aromatic N) is 1. The average molecular weight is 327 g/mol. The first-order valence-electron chi connectivity index (χ1n) is 7.82. The molecule has 0 aliphatic heterocycles. The number of oxazole rings is 1. The molecule has 4 rings (SSSR count). The van der Waals surface area contributed by atoms with E-state index < -0.39 is 9.84 Å². The van der Waals surface area contributed by atoms with Gasteiger partial charge in [-0.15, -0.1) is 0 Å². The highest BCUT2D eigenvalue weighted by Gasteiger charge is 2.17. The van der Waals surface area contributed by atoms with E-state index in [1.165, 1.54) is 17.5 Å². The zero-order chi connectivity index (χ0) is 16.0. The lowest BCUT2D eigenvalue weighted by Gasteiger charge is -2.00. The molecule has 0 radical (unpaired) electrons. The van der Waals surface area contributed by atoms with Gasteiger partial charge >= 0.3 is 0 Å². The third-order valence-electron chi connectivity index (χ3n) is 4.44. The lowest BCUT2D eigenvalue weighted by atomic mass is 10.1. The molecule has 1 aliphatic rings. The number of benzene rings is 2. The van der Waals surface area contributed by atoms with Crippen LogP contribution in [0.3, 0.4) is 0 Å². The van der Waals surface area contributed by atoms with Crippen molar-refractivity contribution < 1.29 is 12.8 Å². The maximum atomic E-state index is 12.0. The summed E-state index contributed by atoms with van der Waals surface area (Å²) in [5.41, 5.74) is 4.90. The van der Waals surface area contributed by atoms with Crippen LogP contribution in [0.2, 0.25) is 0 Å². The molecule has 0 saturated heterocycles. The first-order chi connectivity index (χ1) is 11.1. The van der Waals surface area contributed by atoms with Crippen molar-refractivity contribution in [1.82, 2.24) is 4.98 Å². The Labute approximate surface area is 135 Å². The lowest BCUT2D eigenvalue weighted by molar-refractivity contribution is 0.597. The van der Waals surface area contributed by atoms with Gasteiger partial charge in [0.15, 0.2) is 15.4 Å². The Morgan fingerprint density at radius 2 is 1.91 bits per heavy atom. The molecule has 1 heterocycles. The van der Waals surface area contributed by atoms with E-state index in [-0.39, 0.29) is 5.75 Å². The summed E-state index contributed by atoms with van der Waals surface area (Å²) in [4.78, 5) is 4.78. The van der Waals surface area contributed by atoms with E-state index in [4.69, 9.17) is 4.42 Å². The van der Waals surface area contributed by atoms with E-state index in [0.717, 1.165) is 18.4 Å². The quantitative estimate of drug-likeness (QED) is 0.734. The third kappa shape index (κ3) is 2.45. The Morgan fingerprint density at radius 3 is 2.74 bits per heavy atom. The monoisotopic (exact) mass is 327 g/mol. The van der Waals surface area contributed by atoms with Gasteiger partial charge in [0.05, 0.1) is 10.6 Å². The van der Waals surface area contributed by atoms with Crippen molar-refractivity contribution in [1.29, 1.82) is 0 Å². The standard InChI is InChI=1S/C18H17NO3S/c1-2-23(20,21)15-8-9-17-16(11-15)19-18(22-17)14-7-6-12-4-3-5-13(12)10-14/h6-11H,2-5H2,1H3. The third-order valence-corrected chi connectivity index (χ3v) is 6.18. The van der Waals surface area contributed by atoms with Crippen molar-refractivity contribution in [2.24, 2.45) is 0 Å². The highest BCUT2D eigenvalue weighted by Crippen LogP contribution is 2.30. The minimum absolute atomic E-state index is 0.0774. The summed E-state index contributed by atoms with van der Waals surface area (Å²) >= 11 is 0. The second-order valence-corrected chi connectivity index (χ2v) is 8.17. The number of hydrogen-bond acceptors (Lipinski definition) is 4. The van der Waals surface area contributed by atoms with E-state index in [2.05, 4.69) is 17.1 Å². The van der Waals surface area contributed by atoms with Crippen LogP contribution in [-0.4, -0.2) is 19.2 Å². The van der Waals surface area contributed by atoms with Gasteiger partial charge in [0.2, 0.25) is 5.89 Å². The van der Waals surface area contributed by atoms with Gasteiger partial charge in [-0.3, -0.25) is 0 Å². The van der Waals surface area contributed by atoms with Gasteiger partial charge in [-0.05, 0) is 60.7 Å². The first-order valence-corrected chi connectivity index (χ1v) is 9.47. The molecule has 118 valence electrons. The number of aromatic nitrogens is 1. The van der Waals surface area contributed by atoms with Crippen LogP contribution in [0.1, 0.15) is 24.5 Å². The SMILES string of the molecule is CCS(=O)(=O)c1ccc2oc(-c3ccc4c(c3)CCC4)nc2c1. The number of rotatable bonds is 3. The molecule has 1 aliphatic carbocycles. The fourth-order valence-electron chi connectivity index (χ4n) is 3.10. The van der Waals surface area contributed by atoms with Crippen LogP contribution in [0.4, 0.5) is 0 Å². The molecule has 0 fully saturated rings. The lowest BCUT2D eigenvalue weighted by Crippen LogP contribution is -2.03. The highest BCUT2D eigenvalue weighted by molar-refractivity contribution is 7.91. The van der Waals surface area contributed by atoms with Crippen LogP contribution in [-0.2, 0) is 22.7 Å². The van der Waals surface area contributed by atoms with Crippen LogP contribution < -0.4 is 0 Å². The minimum Gasteiger partial charge on any atom is -0.436 e. The van der Waals surface area contributed by atoms with Gasteiger partial charge < -0.3 is 4.42 Å². The average Bonchev–Trinajstić information content (AvgIpc) is 3.19. The van der Waals surface area contributed by atoms with Crippen LogP contribution in [0.15, 0.2) is 45.7 Å². The number of aryl methyl sites for hydroxylation is 2. The largest absolute Gasteiger partial charge is 0.436 e. The van der Waals surface area contributed by atoms with Crippen molar-refractivity contribution in [2.45, 2.75) is 31.1 Å². The van der Waals surface area contributed by atoms with Crippen LogP contribution in [0.25, 0.3) is 22.6 Å². The van der Waals surface area contributed by atoms with Crippen molar-refractivity contribution in [3.63, 3.8) is 0 Å². The molecular weight excluding hydrogens is 310 g/mol. The zero-order valence-electron chi connectivity index (χ0n) is 12.9. The zero-order valence-corrected chi connectivity index (χ0v) is 13.7. The summed E-state index contributed by atoms with van der Waals surface area (Å²) < 4.78 is 29.8. The topological polar surface area (TPSA) is 60.2 Å². The molecule has 5 heteroatoms. The molecule has 2 aromatic carbocycles. The van der Waals surface area contributed by atoms with E-state index in [0.29, 0.717) is 21.9 Å². The Bertz CT molecular complexity index is 1000. The molecule has 0 saturated carbocycles. The summed E-state index contributed by atoms with van der Waals surface area (Å²) in [7, 11) is -3.23. The number of hydrogen-bond donors (Lipinski definition) is 0. The Balaban J connectivity index is 1.80. The summed E-state index contributed by atoms with van der Waals surface area (Å²) in [5, 5.41) is 0. The molecule has 3 aromatic rings. The fraction of sp³-hybridized carbons (Fsp3) is 0.278. The van der Waals surface area contributed by atoms with Crippen LogP contribution in [0.5, 0.6) is 0 Å². The molecule has 0 spiro atoms. The van der Waals surface area contributed by atoms with Crippen molar-refractivity contribution in [2.75, 3.05) is 5.75 Å². The highest BCUT2D eigenvalue weighted by atomic mass is 32.2. The van der Waals surface area contributed by atoms with Gasteiger partial charge in [0.25, 0.3) is 0 Å². The number of fused-ring (bicyclic) bond motifs is 2.